The molecule has 0 aliphatic rings. The van der Waals surface area contributed by atoms with Gasteiger partial charge in [-0.15, -0.1) is 11.3 Å². The highest BCUT2D eigenvalue weighted by Gasteiger charge is 2.13. The van der Waals surface area contributed by atoms with Crippen LogP contribution in [0.15, 0.2) is 91.8 Å². The lowest BCUT2D eigenvalue weighted by Crippen LogP contribution is -2.23. The van der Waals surface area contributed by atoms with E-state index in [-0.39, 0.29) is 0 Å². The standard InChI is InChI=1S/C34H31N5S/c1-4-30-29(15-22(2)26-16-25(20-36-21-26)19-35-18-24-9-6-5-7-10-24)34(39-38-30)32-17-28-27(11-8-12-31(28)37-32)33-14-13-23(3)40-33/h4-17,20-21,35,37-38H,2,18-19H2,1,3H3/b29-15+,30-4+. The number of fused-ring (bicyclic) bond motifs is 1. The maximum Gasteiger partial charge on any atom is 0.116 e. The van der Waals surface area contributed by atoms with Crippen LogP contribution in [-0.2, 0) is 13.1 Å². The van der Waals surface area contributed by atoms with Gasteiger partial charge < -0.3 is 10.3 Å². The third kappa shape index (κ3) is 5.32. The van der Waals surface area contributed by atoms with Crippen molar-refractivity contribution in [3.8, 4) is 21.8 Å². The second-order valence-corrected chi connectivity index (χ2v) is 11.2. The zero-order valence-electron chi connectivity index (χ0n) is 22.7. The van der Waals surface area contributed by atoms with Crippen LogP contribution in [0, 0.1) is 6.92 Å². The van der Waals surface area contributed by atoms with Gasteiger partial charge >= 0.3 is 0 Å². The van der Waals surface area contributed by atoms with Crippen molar-refractivity contribution in [3.05, 3.63) is 124 Å². The molecule has 0 amide bonds. The predicted molar refractivity (Wildman–Crippen MR) is 168 cm³/mol. The molecule has 4 aromatic heterocycles. The maximum absolute atomic E-state index is 4.71. The van der Waals surface area contributed by atoms with Crippen LogP contribution in [0.25, 0.3) is 50.5 Å². The van der Waals surface area contributed by atoms with Crippen LogP contribution >= 0.6 is 11.3 Å². The van der Waals surface area contributed by atoms with Gasteiger partial charge in [-0.05, 0) is 72.5 Å². The van der Waals surface area contributed by atoms with Crippen LogP contribution in [-0.4, -0.2) is 20.2 Å². The number of pyridine rings is 1. The van der Waals surface area contributed by atoms with E-state index < -0.39 is 0 Å². The molecule has 0 radical (unpaired) electrons. The number of aromatic nitrogens is 4. The van der Waals surface area contributed by atoms with Gasteiger partial charge in [0.15, 0.2) is 0 Å². The molecule has 0 aliphatic carbocycles. The molecule has 0 bridgehead atoms. The maximum atomic E-state index is 4.71. The Balaban J connectivity index is 1.31. The van der Waals surface area contributed by atoms with Gasteiger partial charge in [-0.1, -0.05) is 55.1 Å². The first-order chi connectivity index (χ1) is 19.6. The first-order valence-electron chi connectivity index (χ1n) is 13.4. The Morgan fingerprint density at radius 2 is 1.82 bits per heavy atom. The summed E-state index contributed by atoms with van der Waals surface area (Å²) in [5.74, 6) is 0. The number of H-pyrrole nitrogens is 2. The minimum Gasteiger partial charge on any atom is -0.353 e. The lowest BCUT2D eigenvalue weighted by atomic mass is 10.1. The van der Waals surface area contributed by atoms with Gasteiger partial charge in [-0.2, -0.15) is 5.10 Å². The van der Waals surface area contributed by atoms with Crippen LogP contribution in [0.3, 0.4) is 0 Å². The number of nitrogens with zero attached hydrogens (tertiary/aromatic N) is 2. The Morgan fingerprint density at radius 1 is 0.975 bits per heavy atom. The molecule has 2 aromatic carbocycles. The molecule has 0 atom stereocenters. The van der Waals surface area contributed by atoms with E-state index in [2.05, 4.69) is 107 Å². The van der Waals surface area contributed by atoms with E-state index in [1.165, 1.54) is 26.3 Å². The summed E-state index contributed by atoms with van der Waals surface area (Å²) >= 11 is 1.81. The van der Waals surface area contributed by atoms with E-state index in [0.29, 0.717) is 0 Å². The molecule has 40 heavy (non-hydrogen) atoms. The number of nitrogens with one attached hydrogen (secondary N) is 3. The Bertz CT molecular complexity index is 1920. The molecule has 0 fully saturated rings. The molecule has 4 heterocycles. The largest absolute Gasteiger partial charge is 0.353 e. The average Bonchev–Trinajstić information content (AvgIpc) is 3.71. The van der Waals surface area contributed by atoms with Crippen molar-refractivity contribution >= 4 is 40.0 Å². The Labute approximate surface area is 237 Å². The lowest BCUT2D eigenvalue weighted by molar-refractivity contribution is 0.691. The monoisotopic (exact) mass is 541 g/mol. The van der Waals surface area contributed by atoms with Gasteiger partial charge in [0.2, 0.25) is 0 Å². The fourth-order valence-electron chi connectivity index (χ4n) is 4.98. The van der Waals surface area contributed by atoms with Crippen molar-refractivity contribution in [2.75, 3.05) is 0 Å². The molecule has 6 heteroatoms. The van der Waals surface area contributed by atoms with E-state index in [4.69, 9.17) is 5.10 Å². The molecule has 0 unspecified atom stereocenters. The van der Waals surface area contributed by atoms with Gasteiger partial charge in [-0.3, -0.25) is 10.1 Å². The van der Waals surface area contributed by atoms with Crippen molar-refractivity contribution in [3.63, 3.8) is 0 Å². The highest BCUT2D eigenvalue weighted by atomic mass is 32.1. The molecule has 5 nitrogen and oxygen atoms in total. The Kier molecular flexibility index (Phi) is 7.27. The van der Waals surface area contributed by atoms with Crippen molar-refractivity contribution in [1.82, 2.24) is 25.5 Å². The zero-order chi connectivity index (χ0) is 27.5. The van der Waals surface area contributed by atoms with E-state index in [9.17, 15) is 0 Å². The third-order valence-corrected chi connectivity index (χ3v) is 8.07. The number of thiophene rings is 1. The van der Waals surface area contributed by atoms with E-state index in [0.717, 1.165) is 57.3 Å². The number of aromatic amines is 2. The lowest BCUT2D eigenvalue weighted by Gasteiger charge is -2.07. The summed E-state index contributed by atoms with van der Waals surface area (Å²) in [7, 11) is 0. The van der Waals surface area contributed by atoms with Gasteiger partial charge in [-0.25, -0.2) is 0 Å². The Hall–Kier alpha value is -4.52. The predicted octanol–water partition coefficient (Wildman–Crippen LogP) is 6.57. The van der Waals surface area contributed by atoms with E-state index in [1.807, 2.05) is 42.8 Å². The second kappa shape index (κ2) is 11.3. The summed E-state index contributed by atoms with van der Waals surface area (Å²) in [6, 6.07) is 25.5. The van der Waals surface area contributed by atoms with E-state index in [1.54, 1.807) is 0 Å². The van der Waals surface area contributed by atoms with Gasteiger partial charge in [0.25, 0.3) is 0 Å². The van der Waals surface area contributed by atoms with Crippen LogP contribution in [0.4, 0.5) is 0 Å². The molecule has 6 aromatic rings. The molecular formula is C34H31N5S. The van der Waals surface area contributed by atoms with Gasteiger partial charge in [0.1, 0.15) is 5.69 Å². The number of hydrogen-bond donors (Lipinski definition) is 3. The summed E-state index contributed by atoms with van der Waals surface area (Å²) in [5.41, 5.74) is 8.40. The molecule has 0 saturated heterocycles. The molecule has 3 N–H and O–H groups in total. The molecule has 198 valence electrons. The molecular weight excluding hydrogens is 510 g/mol. The zero-order valence-corrected chi connectivity index (χ0v) is 23.5. The highest BCUT2D eigenvalue weighted by Crippen LogP contribution is 2.35. The molecule has 0 saturated carbocycles. The van der Waals surface area contributed by atoms with Crippen LogP contribution in [0.2, 0.25) is 0 Å². The van der Waals surface area contributed by atoms with Crippen LogP contribution < -0.4 is 15.9 Å². The summed E-state index contributed by atoms with van der Waals surface area (Å²) < 4.78 is 0. The SMILES string of the molecule is C=C(/C=c1/c(-c2cc3c(-c4ccc(C)s4)cccc3[nH]2)n[nH]/c1=C/C)c1cncc(CNCc2ccccc2)c1. The number of benzene rings is 2. The fraction of sp³-hybridized carbons (Fsp3) is 0.118. The summed E-state index contributed by atoms with van der Waals surface area (Å²) in [4.78, 5) is 10.7. The smallest absolute Gasteiger partial charge is 0.116 e. The van der Waals surface area contributed by atoms with Crippen molar-refractivity contribution in [2.45, 2.75) is 26.9 Å². The molecule has 6 rings (SSSR count). The normalized spacial score (nSPS) is 12.4. The second-order valence-electron chi connectivity index (χ2n) is 9.89. The van der Waals surface area contributed by atoms with Gasteiger partial charge in [0, 0.05) is 56.9 Å². The van der Waals surface area contributed by atoms with Crippen LogP contribution in [0.1, 0.15) is 28.5 Å². The van der Waals surface area contributed by atoms with Crippen molar-refractivity contribution < 1.29 is 0 Å². The third-order valence-electron chi connectivity index (χ3n) is 7.03. The average molecular weight is 542 g/mol. The topological polar surface area (TPSA) is 69.4 Å². The number of rotatable bonds is 8. The number of aryl methyl sites for hydroxylation is 1. The first kappa shape index (κ1) is 25.7. The molecule has 0 aliphatic heterocycles. The number of allylic oxidation sites excluding steroid dienone is 1. The summed E-state index contributed by atoms with van der Waals surface area (Å²) in [6.45, 7) is 10.1. The van der Waals surface area contributed by atoms with Crippen molar-refractivity contribution in [2.24, 2.45) is 0 Å². The van der Waals surface area contributed by atoms with Gasteiger partial charge in [0.05, 0.1) is 11.0 Å². The summed E-state index contributed by atoms with van der Waals surface area (Å²) in [5, 5.41) is 14.6. The van der Waals surface area contributed by atoms with E-state index >= 15 is 0 Å². The highest BCUT2D eigenvalue weighted by molar-refractivity contribution is 7.15. The minimum atomic E-state index is 0.731. The quantitative estimate of drug-likeness (QED) is 0.204. The van der Waals surface area contributed by atoms with Crippen molar-refractivity contribution in [1.29, 1.82) is 0 Å². The minimum absolute atomic E-state index is 0.731. The molecule has 0 spiro atoms. The number of hydrogen-bond acceptors (Lipinski definition) is 4. The fourth-order valence-corrected chi connectivity index (χ4v) is 5.88. The first-order valence-corrected chi connectivity index (χ1v) is 14.2. The Morgan fingerprint density at radius 3 is 2.62 bits per heavy atom. The summed E-state index contributed by atoms with van der Waals surface area (Å²) in [6.07, 6.45) is 7.91. The van der Waals surface area contributed by atoms with Crippen LogP contribution in [0.5, 0.6) is 0 Å².